The van der Waals surface area contributed by atoms with Gasteiger partial charge in [-0.3, -0.25) is 4.79 Å². The summed E-state index contributed by atoms with van der Waals surface area (Å²) in [7, 11) is 0. The number of hydrogen-bond donors (Lipinski definition) is 1. The van der Waals surface area contributed by atoms with Gasteiger partial charge in [-0.2, -0.15) is 0 Å². The van der Waals surface area contributed by atoms with Gasteiger partial charge in [0.25, 0.3) is 0 Å². The van der Waals surface area contributed by atoms with E-state index in [1.165, 1.54) is 0 Å². The van der Waals surface area contributed by atoms with Crippen molar-refractivity contribution in [2.24, 2.45) is 0 Å². The minimum Gasteiger partial charge on any atom is -0.462 e. The van der Waals surface area contributed by atoms with Gasteiger partial charge in [0, 0.05) is 12.6 Å². The predicted molar refractivity (Wildman–Crippen MR) is 56.4 cm³/mol. The molecule has 0 spiro atoms. The zero-order valence-corrected chi connectivity index (χ0v) is 8.45. The summed E-state index contributed by atoms with van der Waals surface area (Å²) in [5.41, 5.74) is 1.06. The number of carbonyl (C=O) groups excluding carboxylic acids is 2. The molecule has 0 aliphatic carbocycles. The monoisotopic (exact) mass is 206 g/mol. The van der Waals surface area contributed by atoms with Gasteiger partial charge < -0.3 is 10.1 Å². The van der Waals surface area contributed by atoms with Crippen LogP contribution in [0.4, 0.5) is 5.69 Å². The molecule has 1 aromatic rings. The van der Waals surface area contributed by atoms with E-state index in [9.17, 15) is 9.59 Å². The number of anilines is 1. The molecule has 0 atom stereocenters. The standard InChI is InChI=1S/C11H12NO3/c1-3-15-11(14)9-4-6-10(7-5-9)12-8(2)13/h4-7H,2-3H2,1H3,(H,12,13). The molecule has 0 saturated carbocycles. The molecule has 15 heavy (non-hydrogen) atoms. The van der Waals surface area contributed by atoms with Gasteiger partial charge in [0.2, 0.25) is 5.91 Å². The van der Waals surface area contributed by atoms with Gasteiger partial charge in [-0.1, -0.05) is 0 Å². The second-order valence-electron chi connectivity index (χ2n) is 2.85. The first kappa shape index (κ1) is 11.2. The SMILES string of the molecule is [CH2]C(=O)Nc1ccc(C(=O)OCC)cc1. The van der Waals surface area contributed by atoms with Crippen LogP contribution in [-0.2, 0) is 9.53 Å². The van der Waals surface area contributed by atoms with Crippen molar-refractivity contribution < 1.29 is 14.3 Å². The van der Waals surface area contributed by atoms with Crippen molar-refractivity contribution in [2.75, 3.05) is 11.9 Å². The molecule has 0 fully saturated rings. The number of amides is 1. The molecule has 79 valence electrons. The Bertz CT molecular complexity index is 357. The first-order chi connectivity index (χ1) is 7.13. The highest BCUT2D eigenvalue weighted by Crippen LogP contribution is 2.10. The maximum Gasteiger partial charge on any atom is 0.338 e. The molecule has 4 nitrogen and oxygen atoms in total. The van der Waals surface area contributed by atoms with Crippen molar-refractivity contribution in [2.45, 2.75) is 6.92 Å². The zero-order valence-electron chi connectivity index (χ0n) is 8.45. The van der Waals surface area contributed by atoms with Gasteiger partial charge in [-0.25, -0.2) is 4.79 Å². The summed E-state index contributed by atoms with van der Waals surface area (Å²) in [5.74, 6) is -0.760. The van der Waals surface area contributed by atoms with Crippen LogP contribution in [0.15, 0.2) is 24.3 Å². The lowest BCUT2D eigenvalue weighted by atomic mass is 10.2. The first-order valence-electron chi connectivity index (χ1n) is 4.53. The number of ether oxygens (including phenoxy) is 1. The Kier molecular flexibility index (Phi) is 3.85. The lowest BCUT2D eigenvalue weighted by molar-refractivity contribution is -0.112. The Balaban J connectivity index is 2.71. The predicted octanol–water partition coefficient (Wildman–Crippen LogP) is 1.64. The van der Waals surface area contributed by atoms with E-state index in [0.717, 1.165) is 0 Å². The number of esters is 1. The number of carbonyl (C=O) groups is 2. The maximum absolute atomic E-state index is 11.3. The molecule has 0 aliphatic heterocycles. The molecule has 0 bridgehead atoms. The molecule has 0 aromatic heterocycles. The van der Waals surface area contributed by atoms with E-state index in [2.05, 4.69) is 12.2 Å². The summed E-state index contributed by atoms with van der Waals surface area (Å²) in [5, 5.41) is 2.50. The molecule has 0 unspecified atom stereocenters. The summed E-state index contributed by atoms with van der Waals surface area (Å²) in [6.07, 6.45) is 0. The normalized spacial score (nSPS) is 9.47. The molecular formula is C11H12NO3. The number of benzene rings is 1. The van der Waals surface area contributed by atoms with Crippen molar-refractivity contribution in [1.29, 1.82) is 0 Å². The minimum atomic E-state index is -0.390. The Labute approximate surface area is 88.2 Å². The lowest BCUT2D eigenvalue weighted by Gasteiger charge is -2.04. The highest BCUT2D eigenvalue weighted by Gasteiger charge is 2.05. The third-order valence-corrected chi connectivity index (χ3v) is 1.68. The number of hydrogen-bond acceptors (Lipinski definition) is 3. The Morgan fingerprint density at radius 1 is 1.33 bits per heavy atom. The van der Waals surface area contributed by atoms with E-state index < -0.39 is 0 Å². The quantitative estimate of drug-likeness (QED) is 0.765. The fourth-order valence-corrected chi connectivity index (χ4v) is 1.07. The molecule has 1 aromatic carbocycles. The van der Waals surface area contributed by atoms with E-state index in [-0.39, 0.29) is 11.9 Å². The van der Waals surface area contributed by atoms with Crippen molar-refractivity contribution in [3.05, 3.63) is 36.8 Å². The van der Waals surface area contributed by atoms with Crippen LogP contribution in [0.3, 0.4) is 0 Å². The van der Waals surface area contributed by atoms with Gasteiger partial charge >= 0.3 is 5.97 Å². The zero-order chi connectivity index (χ0) is 11.3. The van der Waals surface area contributed by atoms with Crippen LogP contribution < -0.4 is 5.32 Å². The van der Waals surface area contributed by atoms with Crippen molar-refractivity contribution in [1.82, 2.24) is 0 Å². The van der Waals surface area contributed by atoms with Crippen LogP contribution in [-0.4, -0.2) is 18.5 Å². The maximum atomic E-state index is 11.3. The van der Waals surface area contributed by atoms with E-state index >= 15 is 0 Å². The second kappa shape index (κ2) is 5.14. The van der Waals surface area contributed by atoms with Crippen molar-refractivity contribution in [3.8, 4) is 0 Å². The third-order valence-electron chi connectivity index (χ3n) is 1.68. The van der Waals surface area contributed by atoms with Crippen LogP contribution in [0.25, 0.3) is 0 Å². The largest absolute Gasteiger partial charge is 0.462 e. The van der Waals surface area contributed by atoms with Crippen LogP contribution in [0.2, 0.25) is 0 Å². The third kappa shape index (κ3) is 3.42. The molecule has 0 heterocycles. The fourth-order valence-electron chi connectivity index (χ4n) is 1.07. The minimum absolute atomic E-state index is 0.343. The molecule has 0 aliphatic rings. The Morgan fingerprint density at radius 3 is 2.40 bits per heavy atom. The van der Waals surface area contributed by atoms with Gasteiger partial charge in [-0.05, 0) is 31.2 Å². The van der Waals surface area contributed by atoms with Gasteiger partial charge in [0.15, 0.2) is 0 Å². The molecule has 1 radical (unpaired) electrons. The fraction of sp³-hybridized carbons (Fsp3) is 0.182. The van der Waals surface area contributed by atoms with Crippen LogP contribution in [0.5, 0.6) is 0 Å². The Morgan fingerprint density at radius 2 is 1.93 bits per heavy atom. The first-order valence-corrected chi connectivity index (χ1v) is 4.53. The van der Waals surface area contributed by atoms with Crippen molar-refractivity contribution in [3.63, 3.8) is 0 Å². The molecular weight excluding hydrogens is 194 g/mol. The smallest absolute Gasteiger partial charge is 0.338 e. The van der Waals surface area contributed by atoms with Gasteiger partial charge in [-0.15, -0.1) is 0 Å². The van der Waals surface area contributed by atoms with Crippen LogP contribution in [0.1, 0.15) is 17.3 Å². The second-order valence-corrected chi connectivity index (χ2v) is 2.85. The highest BCUT2D eigenvalue weighted by molar-refractivity contribution is 5.95. The average molecular weight is 206 g/mol. The average Bonchev–Trinajstić information content (AvgIpc) is 2.18. The topological polar surface area (TPSA) is 55.4 Å². The van der Waals surface area contributed by atoms with Gasteiger partial charge in [0.05, 0.1) is 12.2 Å². The summed E-state index contributed by atoms with van der Waals surface area (Å²) < 4.78 is 4.81. The van der Waals surface area contributed by atoms with E-state index in [4.69, 9.17) is 4.74 Å². The molecule has 0 saturated heterocycles. The molecule has 1 rings (SSSR count). The van der Waals surface area contributed by atoms with E-state index in [1.807, 2.05) is 0 Å². The summed E-state index contributed by atoms with van der Waals surface area (Å²) in [6, 6.07) is 6.41. The molecule has 1 amide bonds. The summed E-state index contributed by atoms with van der Waals surface area (Å²) in [4.78, 5) is 21.9. The highest BCUT2D eigenvalue weighted by atomic mass is 16.5. The van der Waals surface area contributed by atoms with E-state index in [0.29, 0.717) is 17.9 Å². The van der Waals surface area contributed by atoms with Crippen molar-refractivity contribution >= 4 is 17.6 Å². The van der Waals surface area contributed by atoms with Crippen LogP contribution >= 0.6 is 0 Å². The van der Waals surface area contributed by atoms with Crippen LogP contribution in [0, 0.1) is 6.92 Å². The number of rotatable bonds is 3. The summed E-state index contributed by atoms with van der Waals surface area (Å²) in [6.45, 7) is 5.27. The molecule has 4 heteroatoms. The summed E-state index contributed by atoms with van der Waals surface area (Å²) >= 11 is 0. The number of nitrogens with one attached hydrogen (secondary N) is 1. The molecule has 1 N–H and O–H groups in total. The van der Waals surface area contributed by atoms with E-state index in [1.54, 1.807) is 31.2 Å². The lowest BCUT2D eigenvalue weighted by Crippen LogP contribution is -2.07. The van der Waals surface area contributed by atoms with Gasteiger partial charge in [0.1, 0.15) is 0 Å². The Hall–Kier alpha value is -1.84.